The molecule has 0 saturated heterocycles. The molecule has 0 spiro atoms. The van der Waals surface area contributed by atoms with Gasteiger partial charge in [-0.05, 0) is 36.6 Å². The number of halogens is 1. The van der Waals surface area contributed by atoms with E-state index in [1.807, 2.05) is 18.2 Å². The van der Waals surface area contributed by atoms with Gasteiger partial charge < -0.3 is 4.90 Å². The molecule has 1 heterocycles. The Bertz CT molecular complexity index is 1060. The van der Waals surface area contributed by atoms with Crippen LogP contribution in [0, 0.1) is 5.82 Å². The van der Waals surface area contributed by atoms with Crippen molar-refractivity contribution < 1.29 is 8.96 Å². The van der Waals surface area contributed by atoms with Gasteiger partial charge >= 0.3 is 0 Å². The van der Waals surface area contributed by atoms with Crippen LogP contribution < -0.4 is 9.47 Å². The van der Waals surface area contributed by atoms with Crippen LogP contribution in [0.3, 0.4) is 0 Å². The predicted octanol–water partition coefficient (Wildman–Crippen LogP) is 15.9. The first kappa shape index (κ1) is 46.0. The minimum absolute atomic E-state index is 0.116. The lowest BCUT2D eigenvalue weighted by Crippen LogP contribution is -2.32. The van der Waals surface area contributed by atoms with Crippen molar-refractivity contribution in [3.8, 4) is 0 Å². The maximum absolute atomic E-state index is 15.5. The van der Waals surface area contributed by atoms with Gasteiger partial charge in [-0.2, -0.15) is 0 Å². The molecule has 0 atom stereocenters. The van der Waals surface area contributed by atoms with Crippen LogP contribution in [-0.4, -0.2) is 13.1 Å². The molecular weight excluding hydrogens is 636 g/mol. The zero-order valence-electron chi connectivity index (χ0n) is 34.8. The fraction of sp³-hybridized carbons (Fsp3) is 0.735. The molecule has 296 valence electrons. The van der Waals surface area contributed by atoms with Crippen molar-refractivity contribution in [2.45, 2.75) is 220 Å². The summed E-state index contributed by atoms with van der Waals surface area (Å²) in [5.74, 6) is -0.116. The Kier molecular flexibility index (Phi) is 29.6. The van der Waals surface area contributed by atoms with E-state index in [1.54, 1.807) is 6.07 Å². The Morgan fingerprint density at radius 1 is 0.462 bits per heavy atom. The van der Waals surface area contributed by atoms with Crippen LogP contribution in [0.25, 0.3) is 12.2 Å². The van der Waals surface area contributed by atoms with E-state index < -0.39 is 0 Å². The second kappa shape index (κ2) is 33.4. The number of nitrogens with zero attached hydrogens (tertiary/aromatic N) is 2. The van der Waals surface area contributed by atoms with E-state index in [9.17, 15) is 0 Å². The van der Waals surface area contributed by atoms with Gasteiger partial charge in [0.05, 0.1) is 0 Å². The van der Waals surface area contributed by atoms with Gasteiger partial charge in [0.15, 0.2) is 12.4 Å². The van der Waals surface area contributed by atoms with E-state index >= 15 is 4.39 Å². The lowest BCUT2D eigenvalue weighted by atomic mass is 10.0. The predicted molar refractivity (Wildman–Crippen MR) is 230 cm³/mol. The highest BCUT2D eigenvalue weighted by atomic mass is 19.1. The molecule has 1 aromatic carbocycles. The van der Waals surface area contributed by atoms with E-state index in [2.05, 4.69) is 60.8 Å². The molecule has 0 amide bonds. The Hall–Kier alpha value is -2.16. The molecule has 0 bridgehead atoms. The number of benzene rings is 1. The summed E-state index contributed by atoms with van der Waals surface area (Å²) in [4.78, 5) is 2.48. The third kappa shape index (κ3) is 24.2. The number of aryl methyl sites for hydroxylation is 1. The molecule has 52 heavy (non-hydrogen) atoms. The van der Waals surface area contributed by atoms with Crippen molar-refractivity contribution in [3.63, 3.8) is 0 Å². The minimum atomic E-state index is -0.116. The topological polar surface area (TPSA) is 7.12 Å². The summed E-state index contributed by atoms with van der Waals surface area (Å²) in [5.41, 5.74) is 2.82. The molecular formula is C49H84FN2+. The first-order valence-electron chi connectivity index (χ1n) is 22.9. The third-order valence-corrected chi connectivity index (χ3v) is 11.1. The number of hydrogen-bond acceptors (Lipinski definition) is 1. The first-order valence-corrected chi connectivity index (χ1v) is 22.9. The average molecular weight is 720 g/mol. The van der Waals surface area contributed by atoms with Crippen LogP contribution in [0.15, 0.2) is 42.7 Å². The maximum atomic E-state index is 15.5. The van der Waals surface area contributed by atoms with E-state index in [-0.39, 0.29) is 5.82 Å². The molecule has 1 aromatic heterocycles. The number of hydrogen-bond donors (Lipinski definition) is 0. The zero-order valence-corrected chi connectivity index (χ0v) is 34.8. The Morgan fingerprint density at radius 3 is 1.23 bits per heavy atom. The van der Waals surface area contributed by atoms with Gasteiger partial charge in [-0.25, -0.2) is 8.96 Å². The van der Waals surface area contributed by atoms with Gasteiger partial charge in [-0.3, -0.25) is 0 Å². The van der Waals surface area contributed by atoms with Crippen LogP contribution in [0.2, 0.25) is 0 Å². The molecule has 0 fully saturated rings. The molecule has 0 aliphatic rings. The summed E-state index contributed by atoms with van der Waals surface area (Å²) in [6.07, 6.45) is 49.2. The van der Waals surface area contributed by atoms with Gasteiger partial charge in [0.1, 0.15) is 12.4 Å². The smallest absolute Gasteiger partial charge is 0.169 e. The van der Waals surface area contributed by atoms with Crippen molar-refractivity contribution in [1.29, 1.82) is 0 Å². The second-order valence-electron chi connectivity index (χ2n) is 15.9. The molecule has 0 radical (unpaired) electrons. The van der Waals surface area contributed by atoms with Gasteiger partial charge in [0.2, 0.25) is 0 Å². The highest BCUT2D eigenvalue weighted by Gasteiger charge is 2.10. The molecule has 2 aromatic rings. The van der Waals surface area contributed by atoms with Gasteiger partial charge in [-0.1, -0.05) is 206 Å². The molecule has 2 rings (SSSR count). The third-order valence-electron chi connectivity index (χ3n) is 11.1. The quantitative estimate of drug-likeness (QED) is 0.0502. The second-order valence-corrected chi connectivity index (χ2v) is 15.9. The van der Waals surface area contributed by atoms with Crippen LogP contribution in [-0.2, 0) is 6.54 Å². The summed E-state index contributed by atoms with van der Waals surface area (Å²) in [5, 5.41) is 0. The van der Waals surface area contributed by atoms with Gasteiger partial charge in [0.25, 0.3) is 0 Å². The summed E-state index contributed by atoms with van der Waals surface area (Å²) in [7, 11) is 0. The van der Waals surface area contributed by atoms with E-state index in [0.29, 0.717) is 5.56 Å². The monoisotopic (exact) mass is 720 g/mol. The highest BCUT2D eigenvalue weighted by Crippen LogP contribution is 2.23. The van der Waals surface area contributed by atoms with Crippen LogP contribution in [0.5, 0.6) is 0 Å². The van der Waals surface area contributed by atoms with Crippen LogP contribution >= 0.6 is 0 Å². The molecule has 0 aliphatic carbocycles. The van der Waals surface area contributed by atoms with Crippen molar-refractivity contribution in [2.75, 3.05) is 18.0 Å². The SMILES string of the molecule is CCCCCCCCCCCCCCCCN(CCCCCCCCCCCCCCCC)c1ccc(/C=C/c2cc[n+](CCCC)cc2)c(F)c1. The summed E-state index contributed by atoms with van der Waals surface area (Å²) in [6, 6.07) is 10.2. The average Bonchev–Trinajstić information content (AvgIpc) is 3.16. The van der Waals surface area contributed by atoms with Crippen molar-refractivity contribution in [3.05, 3.63) is 59.7 Å². The summed E-state index contributed by atoms with van der Waals surface area (Å²) < 4.78 is 17.7. The molecule has 0 N–H and O–H groups in total. The zero-order chi connectivity index (χ0) is 37.2. The lowest BCUT2D eigenvalue weighted by Gasteiger charge is -2.25. The fourth-order valence-electron chi connectivity index (χ4n) is 7.47. The Balaban J connectivity index is 1.75. The number of aromatic nitrogens is 1. The largest absolute Gasteiger partial charge is 0.371 e. The number of unbranched alkanes of at least 4 members (excludes halogenated alkanes) is 27. The maximum Gasteiger partial charge on any atom is 0.169 e. The van der Waals surface area contributed by atoms with Crippen LogP contribution in [0.4, 0.5) is 10.1 Å². The minimum Gasteiger partial charge on any atom is -0.371 e. The first-order chi connectivity index (χ1) is 25.7. The molecule has 0 saturated carbocycles. The molecule has 0 unspecified atom stereocenters. The number of anilines is 1. The van der Waals surface area contributed by atoms with Crippen molar-refractivity contribution in [1.82, 2.24) is 0 Å². The summed E-state index contributed by atoms with van der Waals surface area (Å²) >= 11 is 0. The Labute approximate surface area is 323 Å². The molecule has 2 nitrogen and oxygen atoms in total. The highest BCUT2D eigenvalue weighted by molar-refractivity contribution is 5.70. The van der Waals surface area contributed by atoms with Crippen molar-refractivity contribution >= 4 is 17.8 Å². The number of rotatable bonds is 36. The number of pyridine rings is 1. The van der Waals surface area contributed by atoms with Gasteiger partial charge in [-0.15, -0.1) is 0 Å². The summed E-state index contributed by atoms with van der Waals surface area (Å²) in [6.45, 7) is 9.93. The molecule has 0 aliphatic heterocycles. The normalized spacial score (nSPS) is 11.6. The van der Waals surface area contributed by atoms with E-state index in [4.69, 9.17) is 0 Å². The van der Waals surface area contributed by atoms with Gasteiger partial charge in [0, 0.05) is 42.9 Å². The standard InChI is InChI=1S/C49H84FN2/c1-4-7-10-12-14-16-18-20-22-24-26-28-30-32-41-52(42-33-31-29-27-25-23-21-19-17-15-13-11-8-5-2)48-37-36-47(49(50)45-48)35-34-46-38-43-51(44-39-46)40-9-6-3/h34-39,43-45H,4-33,40-42H2,1-3H3/q+1. The Morgan fingerprint density at radius 2 is 0.846 bits per heavy atom. The van der Waals surface area contributed by atoms with E-state index in [0.717, 1.165) is 30.9 Å². The van der Waals surface area contributed by atoms with E-state index in [1.165, 1.54) is 193 Å². The lowest BCUT2D eigenvalue weighted by molar-refractivity contribution is -0.697. The van der Waals surface area contributed by atoms with Crippen molar-refractivity contribution in [2.24, 2.45) is 0 Å². The fourth-order valence-corrected chi connectivity index (χ4v) is 7.47. The molecule has 3 heteroatoms. The van der Waals surface area contributed by atoms with Crippen LogP contribution in [0.1, 0.15) is 225 Å².